The number of hydrogen-bond donors (Lipinski definition) is 1. The van der Waals surface area contributed by atoms with Crippen LogP contribution in [0, 0.1) is 11.8 Å². The molecule has 2 N–H and O–H groups in total. The third-order valence-electron chi connectivity index (χ3n) is 4.50. The van der Waals surface area contributed by atoms with Gasteiger partial charge in [-0.1, -0.05) is 19.8 Å². The van der Waals surface area contributed by atoms with Crippen molar-refractivity contribution in [3.63, 3.8) is 0 Å². The van der Waals surface area contributed by atoms with Crippen LogP contribution in [0.1, 0.15) is 45.4 Å². The van der Waals surface area contributed by atoms with E-state index in [2.05, 4.69) is 11.8 Å². The van der Waals surface area contributed by atoms with Crippen molar-refractivity contribution in [1.82, 2.24) is 4.90 Å². The molecule has 1 aliphatic heterocycles. The van der Waals surface area contributed by atoms with Gasteiger partial charge in [0.25, 0.3) is 0 Å². The Balaban J connectivity index is 1.73. The minimum atomic E-state index is 0.813. The second kappa shape index (κ2) is 5.31. The van der Waals surface area contributed by atoms with Crippen molar-refractivity contribution in [2.45, 2.75) is 51.5 Å². The second-order valence-electron chi connectivity index (χ2n) is 5.41. The lowest BCUT2D eigenvalue weighted by Gasteiger charge is -2.46. The highest BCUT2D eigenvalue weighted by molar-refractivity contribution is 4.91. The minimum Gasteiger partial charge on any atom is -0.330 e. The molecule has 88 valence electrons. The monoisotopic (exact) mass is 210 g/mol. The SMILES string of the molecule is CCCC1CCN(C2CCC2CN)CC1. The number of likely N-dealkylation sites (tertiary alicyclic amines) is 1. The third-order valence-corrected chi connectivity index (χ3v) is 4.50. The molecule has 0 radical (unpaired) electrons. The molecule has 2 unspecified atom stereocenters. The smallest absolute Gasteiger partial charge is 0.0136 e. The van der Waals surface area contributed by atoms with Crippen LogP contribution in [0.5, 0.6) is 0 Å². The average Bonchev–Trinajstić information content (AvgIpc) is 2.20. The Morgan fingerprint density at radius 1 is 1.13 bits per heavy atom. The van der Waals surface area contributed by atoms with Gasteiger partial charge in [0.2, 0.25) is 0 Å². The number of piperidine rings is 1. The van der Waals surface area contributed by atoms with Crippen LogP contribution in [-0.4, -0.2) is 30.6 Å². The van der Waals surface area contributed by atoms with Gasteiger partial charge in [0.1, 0.15) is 0 Å². The molecule has 2 fully saturated rings. The Morgan fingerprint density at radius 3 is 2.33 bits per heavy atom. The van der Waals surface area contributed by atoms with Crippen molar-refractivity contribution < 1.29 is 0 Å². The average molecular weight is 210 g/mol. The maximum atomic E-state index is 5.78. The summed E-state index contributed by atoms with van der Waals surface area (Å²) in [5, 5.41) is 0. The molecule has 1 saturated heterocycles. The molecule has 2 heteroatoms. The number of hydrogen-bond acceptors (Lipinski definition) is 2. The Hall–Kier alpha value is -0.0800. The van der Waals surface area contributed by atoms with Crippen LogP contribution in [0.4, 0.5) is 0 Å². The van der Waals surface area contributed by atoms with E-state index in [4.69, 9.17) is 5.73 Å². The summed E-state index contributed by atoms with van der Waals surface area (Å²) in [7, 11) is 0. The summed E-state index contributed by atoms with van der Waals surface area (Å²) in [6.45, 7) is 5.89. The van der Waals surface area contributed by atoms with Crippen molar-refractivity contribution >= 4 is 0 Å². The van der Waals surface area contributed by atoms with Crippen LogP contribution >= 0.6 is 0 Å². The molecule has 0 bridgehead atoms. The molecule has 15 heavy (non-hydrogen) atoms. The van der Waals surface area contributed by atoms with Gasteiger partial charge in [-0.3, -0.25) is 0 Å². The third kappa shape index (κ3) is 2.54. The maximum absolute atomic E-state index is 5.78. The molecule has 2 aliphatic rings. The molecule has 1 aliphatic carbocycles. The van der Waals surface area contributed by atoms with Crippen LogP contribution in [-0.2, 0) is 0 Å². The molecule has 2 rings (SSSR count). The first-order chi connectivity index (χ1) is 7.35. The Morgan fingerprint density at radius 2 is 1.87 bits per heavy atom. The van der Waals surface area contributed by atoms with Crippen LogP contribution in [0.15, 0.2) is 0 Å². The maximum Gasteiger partial charge on any atom is 0.0136 e. The van der Waals surface area contributed by atoms with Crippen LogP contribution in [0.2, 0.25) is 0 Å². The normalized spacial score (nSPS) is 34.0. The molecule has 0 aromatic rings. The molecule has 0 spiro atoms. The highest BCUT2D eigenvalue weighted by Gasteiger charge is 2.35. The summed E-state index contributed by atoms with van der Waals surface area (Å²) in [5.74, 6) is 1.83. The molecule has 0 amide bonds. The Labute approximate surface area is 94.2 Å². The first-order valence-electron chi connectivity index (χ1n) is 6.79. The van der Waals surface area contributed by atoms with Gasteiger partial charge >= 0.3 is 0 Å². The van der Waals surface area contributed by atoms with E-state index in [1.54, 1.807) is 0 Å². The topological polar surface area (TPSA) is 29.3 Å². The molecule has 2 nitrogen and oxygen atoms in total. The standard InChI is InChI=1S/C13H26N2/c1-2-3-11-6-8-15(9-7-11)13-5-4-12(13)10-14/h11-13H,2-10,14H2,1H3. The molecule has 0 aromatic carbocycles. The van der Waals surface area contributed by atoms with Gasteiger partial charge in [0.15, 0.2) is 0 Å². The Kier molecular flexibility index (Phi) is 4.04. The van der Waals surface area contributed by atoms with Crippen molar-refractivity contribution in [2.24, 2.45) is 17.6 Å². The van der Waals surface area contributed by atoms with E-state index in [1.807, 2.05) is 0 Å². The molecule has 0 aromatic heterocycles. The van der Waals surface area contributed by atoms with Gasteiger partial charge in [0.05, 0.1) is 0 Å². The van der Waals surface area contributed by atoms with Gasteiger partial charge in [0, 0.05) is 6.04 Å². The van der Waals surface area contributed by atoms with Gasteiger partial charge < -0.3 is 10.6 Å². The number of nitrogens with zero attached hydrogens (tertiary/aromatic N) is 1. The minimum absolute atomic E-state index is 0.813. The lowest BCUT2D eigenvalue weighted by molar-refractivity contribution is 0.0369. The molecule has 2 atom stereocenters. The van der Waals surface area contributed by atoms with Crippen LogP contribution < -0.4 is 5.73 Å². The zero-order chi connectivity index (χ0) is 10.7. The summed E-state index contributed by atoms with van der Waals surface area (Å²) in [6.07, 6.45) is 8.44. The zero-order valence-corrected chi connectivity index (χ0v) is 10.1. The largest absolute Gasteiger partial charge is 0.330 e. The highest BCUT2D eigenvalue weighted by Crippen LogP contribution is 2.34. The highest BCUT2D eigenvalue weighted by atomic mass is 15.2. The summed E-state index contributed by atoms with van der Waals surface area (Å²) in [4.78, 5) is 2.72. The van der Waals surface area contributed by atoms with E-state index in [-0.39, 0.29) is 0 Å². The van der Waals surface area contributed by atoms with E-state index in [0.717, 1.165) is 24.4 Å². The Bertz CT molecular complexity index is 183. The van der Waals surface area contributed by atoms with E-state index in [0.29, 0.717) is 0 Å². The van der Waals surface area contributed by atoms with Crippen LogP contribution in [0.3, 0.4) is 0 Å². The van der Waals surface area contributed by atoms with E-state index in [9.17, 15) is 0 Å². The van der Waals surface area contributed by atoms with E-state index >= 15 is 0 Å². The molecular weight excluding hydrogens is 184 g/mol. The van der Waals surface area contributed by atoms with Gasteiger partial charge in [-0.25, -0.2) is 0 Å². The molecular formula is C13H26N2. The first kappa shape index (κ1) is 11.4. The van der Waals surface area contributed by atoms with Crippen molar-refractivity contribution in [2.75, 3.05) is 19.6 Å². The van der Waals surface area contributed by atoms with E-state index < -0.39 is 0 Å². The van der Waals surface area contributed by atoms with E-state index in [1.165, 1.54) is 51.6 Å². The van der Waals surface area contributed by atoms with Crippen LogP contribution in [0.25, 0.3) is 0 Å². The summed E-state index contributed by atoms with van der Waals surface area (Å²) >= 11 is 0. The van der Waals surface area contributed by atoms with Crippen molar-refractivity contribution in [3.8, 4) is 0 Å². The van der Waals surface area contributed by atoms with Crippen molar-refractivity contribution in [1.29, 1.82) is 0 Å². The lowest BCUT2D eigenvalue weighted by atomic mass is 9.77. The second-order valence-corrected chi connectivity index (χ2v) is 5.41. The van der Waals surface area contributed by atoms with Crippen molar-refractivity contribution in [3.05, 3.63) is 0 Å². The van der Waals surface area contributed by atoms with Gasteiger partial charge in [-0.15, -0.1) is 0 Å². The lowest BCUT2D eigenvalue weighted by Crippen LogP contribution is -2.52. The summed E-state index contributed by atoms with van der Waals surface area (Å²) < 4.78 is 0. The fourth-order valence-corrected chi connectivity index (χ4v) is 3.29. The molecule has 1 heterocycles. The fourth-order valence-electron chi connectivity index (χ4n) is 3.29. The first-order valence-corrected chi connectivity index (χ1v) is 6.79. The molecule has 1 saturated carbocycles. The number of rotatable bonds is 4. The predicted octanol–water partition coefficient (Wildman–Crippen LogP) is 2.24. The van der Waals surface area contributed by atoms with Gasteiger partial charge in [-0.05, 0) is 57.2 Å². The zero-order valence-electron chi connectivity index (χ0n) is 10.1. The quantitative estimate of drug-likeness (QED) is 0.771. The summed E-state index contributed by atoms with van der Waals surface area (Å²) in [6, 6.07) is 0.845. The number of nitrogens with two attached hydrogens (primary N) is 1. The van der Waals surface area contributed by atoms with Gasteiger partial charge in [-0.2, -0.15) is 0 Å². The summed E-state index contributed by atoms with van der Waals surface area (Å²) in [5.41, 5.74) is 5.78. The fraction of sp³-hybridized carbons (Fsp3) is 1.00. The predicted molar refractivity (Wildman–Crippen MR) is 64.8 cm³/mol.